The molecule has 0 fully saturated rings. The third-order valence-corrected chi connectivity index (χ3v) is 2.64. The molecule has 0 spiro atoms. The van der Waals surface area contributed by atoms with Gasteiger partial charge >= 0.3 is 12.1 Å². The average Bonchev–Trinajstić information content (AvgIpc) is 2.42. The molecule has 0 aliphatic rings. The summed E-state index contributed by atoms with van der Waals surface area (Å²) in [5.74, 6) is -0.693. The lowest BCUT2D eigenvalue weighted by molar-refractivity contribution is -0.131. The fourth-order valence-electron chi connectivity index (χ4n) is 1.65. The van der Waals surface area contributed by atoms with E-state index in [0.29, 0.717) is 19.1 Å². The Kier molecular flexibility index (Phi) is 6.46. The number of rotatable bonds is 6. The highest BCUT2D eigenvalue weighted by Crippen LogP contribution is 2.10. The van der Waals surface area contributed by atoms with Crippen LogP contribution in [-0.2, 0) is 16.1 Å². The van der Waals surface area contributed by atoms with Gasteiger partial charge in [0.1, 0.15) is 0 Å². The normalized spacial score (nSPS) is 10.9. The monoisotopic (exact) mass is 291 g/mol. The number of amides is 1. The zero-order valence-corrected chi connectivity index (χ0v) is 12.6. The van der Waals surface area contributed by atoms with Crippen molar-refractivity contribution in [2.45, 2.75) is 20.4 Å². The minimum Gasteiger partial charge on any atom is -0.478 e. The number of benzene rings is 1. The van der Waals surface area contributed by atoms with Crippen LogP contribution in [0.3, 0.4) is 0 Å². The lowest BCUT2D eigenvalue weighted by Crippen LogP contribution is -2.28. The molecule has 0 saturated heterocycles. The van der Waals surface area contributed by atoms with Gasteiger partial charge in [0.15, 0.2) is 0 Å². The quantitative estimate of drug-likeness (QED) is 0.818. The first kappa shape index (κ1) is 16.8. The highest BCUT2D eigenvalue weighted by molar-refractivity contribution is 5.85. The maximum Gasteiger partial charge on any atom is 0.409 e. The first-order chi connectivity index (χ1) is 9.88. The first-order valence-electron chi connectivity index (χ1n) is 6.76. The molecular weight excluding hydrogens is 270 g/mol. The summed E-state index contributed by atoms with van der Waals surface area (Å²) in [6, 6.07) is 7.35. The Balaban J connectivity index is 2.63. The molecule has 5 nitrogen and oxygen atoms in total. The van der Waals surface area contributed by atoms with Crippen LogP contribution in [0, 0.1) is 5.92 Å². The molecule has 1 rings (SSSR count). The van der Waals surface area contributed by atoms with Crippen LogP contribution in [0.1, 0.15) is 25.0 Å². The summed E-state index contributed by atoms with van der Waals surface area (Å²) < 4.78 is 5.14. The van der Waals surface area contributed by atoms with Crippen molar-refractivity contribution in [2.75, 3.05) is 13.7 Å². The zero-order valence-electron chi connectivity index (χ0n) is 12.6. The predicted octanol–water partition coefficient (Wildman–Crippen LogP) is 3.01. The Bertz CT molecular complexity index is 523. The molecule has 1 aromatic carbocycles. The average molecular weight is 291 g/mol. The van der Waals surface area contributed by atoms with Crippen molar-refractivity contribution < 1.29 is 19.4 Å². The molecule has 114 valence electrons. The number of aliphatic carboxylic acids is 1. The van der Waals surface area contributed by atoms with Crippen LogP contribution in [0.5, 0.6) is 0 Å². The van der Waals surface area contributed by atoms with Crippen molar-refractivity contribution in [2.24, 2.45) is 5.92 Å². The van der Waals surface area contributed by atoms with Gasteiger partial charge in [-0.25, -0.2) is 9.59 Å². The summed E-state index contributed by atoms with van der Waals surface area (Å²) in [7, 11) is 1.67. The van der Waals surface area contributed by atoms with E-state index >= 15 is 0 Å². The van der Waals surface area contributed by atoms with Gasteiger partial charge < -0.3 is 14.7 Å². The summed E-state index contributed by atoms with van der Waals surface area (Å²) in [5, 5.41) is 8.61. The lowest BCUT2D eigenvalue weighted by atomic mass is 10.1. The molecule has 1 aromatic rings. The highest BCUT2D eigenvalue weighted by Gasteiger charge is 2.11. The zero-order chi connectivity index (χ0) is 15.8. The van der Waals surface area contributed by atoms with Crippen LogP contribution in [0.25, 0.3) is 6.08 Å². The van der Waals surface area contributed by atoms with Gasteiger partial charge in [-0.15, -0.1) is 0 Å². The second kappa shape index (κ2) is 8.09. The molecule has 0 saturated carbocycles. The number of ether oxygens (including phenoxy) is 1. The highest BCUT2D eigenvalue weighted by atomic mass is 16.6. The Morgan fingerprint density at radius 1 is 1.38 bits per heavy atom. The summed E-state index contributed by atoms with van der Waals surface area (Å²) in [4.78, 5) is 23.7. The number of carbonyl (C=O) groups excluding carboxylic acids is 1. The lowest BCUT2D eigenvalue weighted by Gasteiger charge is -2.18. The number of hydrogen-bond acceptors (Lipinski definition) is 3. The minimum atomic E-state index is -0.991. The summed E-state index contributed by atoms with van der Waals surface area (Å²) in [6.45, 7) is 4.76. The molecule has 0 aliphatic carbocycles. The van der Waals surface area contributed by atoms with E-state index < -0.39 is 5.97 Å². The topological polar surface area (TPSA) is 66.8 Å². The van der Waals surface area contributed by atoms with Gasteiger partial charge in [-0.05, 0) is 29.2 Å². The van der Waals surface area contributed by atoms with Gasteiger partial charge in [0.25, 0.3) is 0 Å². The van der Waals surface area contributed by atoms with Crippen molar-refractivity contribution in [3.63, 3.8) is 0 Å². The van der Waals surface area contributed by atoms with Crippen molar-refractivity contribution >= 4 is 18.1 Å². The van der Waals surface area contributed by atoms with Crippen LogP contribution in [-0.4, -0.2) is 35.7 Å². The van der Waals surface area contributed by atoms with Gasteiger partial charge in [0, 0.05) is 19.7 Å². The molecule has 0 atom stereocenters. The van der Waals surface area contributed by atoms with E-state index in [1.54, 1.807) is 13.1 Å². The van der Waals surface area contributed by atoms with E-state index in [0.717, 1.165) is 17.2 Å². The van der Waals surface area contributed by atoms with Crippen molar-refractivity contribution in [3.8, 4) is 0 Å². The molecule has 0 aliphatic heterocycles. The van der Waals surface area contributed by atoms with Gasteiger partial charge in [-0.3, -0.25) is 0 Å². The predicted molar refractivity (Wildman–Crippen MR) is 80.8 cm³/mol. The van der Waals surface area contributed by atoms with E-state index in [1.165, 1.54) is 11.0 Å². The molecule has 5 heteroatoms. The van der Waals surface area contributed by atoms with Gasteiger partial charge in [0.05, 0.1) is 6.61 Å². The van der Waals surface area contributed by atoms with Gasteiger partial charge in [0.2, 0.25) is 0 Å². The first-order valence-corrected chi connectivity index (χ1v) is 6.76. The van der Waals surface area contributed by atoms with Gasteiger partial charge in [-0.2, -0.15) is 0 Å². The third kappa shape index (κ3) is 6.61. The number of carboxylic acid groups (broad SMARTS) is 1. The summed E-state index contributed by atoms with van der Waals surface area (Å²) in [5.41, 5.74) is 1.69. The SMILES string of the molecule is CC(C)COC(=O)N(C)Cc1cccc(C=CC(=O)O)c1. The second-order valence-electron chi connectivity index (χ2n) is 5.24. The van der Waals surface area contributed by atoms with Crippen molar-refractivity contribution in [1.29, 1.82) is 0 Å². The van der Waals surface area contributed by atoms with Crippen LogP contribution in [0.2, 0.25) is 0 Å². The van der Waals surface area contributed by atoms with E-state index in [9.17, 15) is 9.59 Å². The summed E-state index contributed by atoms with van der Waals surface area (Å²) >= 11 is 0. The maximum atomic E-state index is 11.8. The number of nitrogens with zero attached hydrogens (tertiary/aromatic N) is 1. The Morgan fingerprint density at radius 3 is 2.71 bits per heavy atom. The van der Waals surface area contributed by atoms with Crippen molar-refractivity contribution in [1.82, 2.24) is 4.90 Å². The minimum absolute atomic E-state index is 0.298. The smallest absolute Gasteiger partial charge is 0.409 e. The molecule has 1 N–H and O–H groups in total. The second-order valence-corrected chi connectivity index (χ2v) is 5.24. The molecule has 0 bridgehead atoms. The molecule has 21 heavy (non-hydrogen) atoms. The Morgan fingerprint density at radius 2 is 2.10 bits per heavy atom. The number of carboxylic acids is 1. The molecule has 1 amide bonds. The molecule has 0 aromatic heterocycles. The van der Waals surface area contributed by atoms with Gasteiger partial charge in [-0.1, -0.05) is 32.0 Å². The standard InChI is InChI=1S/C16H21NO4/c1-12(2)11-21-16(20)17(3)10-14-6-4-5-13(9-14)7-8-15(18)19/h4-9,12H,10-11H2,1-3H3,(H,18,19). The maximum absolute atomic E-state index is 11.8. The molecule has 0 unspecified atom stereocenters. The number of carbonyl (C=O) groups is 2. The van der Waals surface area contributed by atoms with Crippen LogP contribution >= 0.6 is 0 Å². The summed E-state index contributed by atoms with van der Waals surface area (Å²) in [6.07, 6.45) is 2.23. The third-order valence-electron chi connectivity index (χ3n) is 2.64. The Labute approximate surface area is 124 Å². The van der Waals surface area contributed by atoms with E-state index in [2.05, 4.69) is 0 Å². The number of hydrogen-bond donors (Lipinski definition) is 1. The van der Waals surface area contributed by atoms with Crippen LogP contribution in [0.4, 0.5) is 4.79 Å². The fraction of sp³-hybridized carbons (Fsp3) is 0.375. The largest absolute Gasteiger partial charge is 0.478 e. The fourth-order valence-corrected chi connectivity index (χ4v) is 1.65. The molecule has 0 radical (unpaired) electrons. The van der Waals surface area contributed by atoms with Crippen LogP contribution < -0.4 is 0 Å². The van der Waals surface area contributed by atoms with Crippen molar-refractivity contribution in [3.05, 3.63) is 41.5 Å². The van der Waals surface area contributed by atoms with E-state index in [4.69, 9.17) is 9.84 Å². The Hall–Kier alpha value is -2.30. The molecular formula is C16H21NO4. The van der Waals surface area contributed by atoms with Crippen LogP contribution in [0.15, 0.2) is 30.3 Å². The molecule has 0 heterocycles. The van der Waals surface area contributed by atoms with E-state index in [1.807, 2.05) is 32.0 Å². The van der Waals surface area contributed by atoms with E-state index in [-0.39, 0.29) is 6.09 Å².